The monoisotopic (exact) mass is 197 g/mol. The molecule has 0 saturated carbocycles. The minimum absolute atomic E-state index is 0.154. The van der Waals surface area contributed by atoms with Gasteiger partial charge in [0.1, 0.15) is 0 Å². The number of amides is 2. The lowest BCUT2D eigenvalue weighted by Crippen LogP contribution is -2.20. The molecule has 0 aliphatic carbocycles. The summed E-state index contributed by atoms with van der Waals surface area (Å²) in [7, 11) is 0. The number of nitrogens with one attached hydrogen (secondary N) is 1. The lowest BCUT2D eigenvalue weighted by atomic mass is 10.1. The van der Waals surface area contributed by atoms with Gasteiger partial charge >= 0.3 is 0 Å². The van der Waals surface area contributed by atoms with Crippen molar-refractivity contribution in [3.8, 4) is 0 Å². The van der Waals surface area contributed by atoms with E-state index in [0.29, 0.717) is 32.0 Å². The zero-order valence-electron chi connectivity index (χ0n) is 7.67. The van der Waals surface area contributed by atoms with Crippen molar-refractivity contribution in [1.29, 1.82) is 0 Å². The molecule has 2 aliphatic heterocycles. The van der Waals surface area contributed by atoms with Crippen molar-refractivity contribution >= 4 is 11.8 Å². The predicted molar refractivity (Wildman–Crippen MR) is 46.4 cm³/mol. The number of rotatable bonds is 0. The molecule has 0 unspecified atom stereocenters. The average Bonchev–Trinajstić information content (AvgIpc) is 2.43. The lowest BCUT2D eigenvalue weighted by molar-refractivity contribution is -0.124. The van der Waals surface area contributed by atoms with Crippen LogP contribution < -0.4 is 5.32 Å². The fraction of sp³-hybridized carbons (Fsp3) is 0.556. The number of hydrogen-bond acceptors (Lipinski definition) is 4. The quantitative estimate of drug-likeness (QED) is 0.415. The van der Waals surface area contributed by atoms with E-state index >= 15 is 0 Å². The van der Waals surface area contributed by atoms with Crippen LogP contribution in [0.3, 0.4) is 0 Å². The molecule has 0 bridgehead atoms. The SMILES string of the molecule is O=C1CC(=C2COCCOC2)C(=O)N1. The summed E-state index contributed by atoms with van der Waals surface area (Å²) in [6.45, 7) is 1.84. The first-order valence-electron chi connectivity index (χ1n) is 4.48. The van der Waals surface area contributed by atoms with Crippen LogP contribution in [-0.2, 0) is 19.1 Å². The predicted octanol–water partition coefficient (Wildman–Crippen LogP) is -0.624. The summed E-state index contributed by atoms with van der Waals surface area (Å²) in [6.07, 6.45) is 0.154. The normalized spacial score (nSPS) is 23.7. The van der Waals surface area contributed by atoms with Gasteiger partial charge in [0.25, 0.3) is 5.91 Å². The Balaban J connectivity index is 2.19. The molecule has 14 heavy (non-hydrogen) atoms. The molecule has 5 nitrogen and oxygen atoms in total. The zero-order chi connectivity index (χ0) is 9.97. The molecule has 0 aromatic heterocycles. The third-order valence-corrected chi connectivity index (χ3v) is 2.22. The van der Waals surface area contributed by atoms with Gasteiger partial charge in [0.2, 0.25) is 5.91 Å². The first-order chi connectivity index (χ1) is 6.77. The molecule has 2 amide bonds. The van der Waals surface area contributed by atoms with Crippen molar-refractivity contribution < 1.29 is 19.1 Å². The van der Waals surface area contributed by atoms with Crippen LogP contribution in [0.1, 0.15) is 6.42 Å². The third kappa shape index (κ3) is 1.83. The number of ether oxygens (including phenoxy) is 2. The molecule has 2 heterocycles. The van der Waals surface area contributed by atoms with E-state index < -0.39 is 0 Å². The molecule has 0 spiro atoms. The van der Waals surface area contributed by atoms with Crippen molar-refractivity contribution in [1.82, 2.24) is 5.32 Å². The van der Waals surface area contributed by atoms with Gasteiger partial charge in [-0.25, -0.2) is 0 Å². The fourth-order valence-corrected chi connectivity index (χ4v) is 1.50. The second-order valence-electron chi connectivity index (χ2n) is 3.24. The van der Waals surface area contributed by atoms with Gasteiger partial charge in [-0.05, 0) is 5.57 Å². The van der Waals surface area contributed by atoms with E-state index in [1.807, 2.05) is 0 Å². The first kappa shape index (κ1) is 9.36. The number of hydrogen-bond donors (Lipinski definition) is 1. The summed E-state index contributed by atoms with van der Waals surface area (Å²) in [6, 6.07) is 0. The molecule has 2 rings (SSSR count). The van der Waals surface area contributed by atoms with Gasteiger partial charge < -0.3 is 9.47 Å². The molecular formula is C9H11NO4. The Morgan fingerprint density at radius 2 is 1.71 bits per heavy atom. The highest BCUT2D eigenvalue weighted by molar-refractivity contribution is 6.13. The highest BCUT2D eigenvalue weighted by Gasteiger charge is 2.27. The van der Waals surface area contributed by atoms with Crippen LogP contribution in [0.25, 0.3) is 0 Å². The maximum absolute atomic E-state index is 11.3. The Morgan fingerprint density at radius 1 is 1.07 bits per heavy atom. The average molecular weight is 197 g/mol. The molecule has 0 atom stereocenters. The van der Waals surface area contributed by atoms with Gasteiger partial charge in [-0.15, -0.1) is 0 Å². The van der Waals surface area contributed by atoms with Gasteiger partial charge in [-0.2, -0.15) is 0 Å². The van der Waals surface area contributed by atoms with E-state index in [-0.39, 0.29) is 18.2 Å². The van der Waals surface area contributed by atoms with Crippen molar-refractivity contribution in [3.63, 3.8) is 0 Å². The molecule has 2 saturated heterocycles. The van der Waals surface area contributed by atoms with Crippen LogP contribution in [0, 0.1) is 0 Å². The van der Waals surface area contributed by atoms with Crippen LogP contribution in [0.4, 0.5) is 0 Å². The molecule has 5 heteroatoms. The summed E-state index contributed by atoms with van der Waals surface area (Å²) in [4.78, 5) is 22.2. The molecule has 2 aliphatic rings. The van der Waals surface area contributed by atoms with E-state index in [4.69, 9.17) is 9.47 Å². The highest BCUT2D eigenvalue weighted by atomic mass is 16.5. The molecule has 2 fully saturated rings. The summed E-state index contributed by atoms with van der Waals surface area (Å²) in [5, 5.41) is 2.24. The minimum atomic E-state index is -0.306. The summed E-state index contributed by atoms with van der Waals surface area (Å²) in [5.74, 6) is -0.555. The van der Waals surface area contributed by atoms with Gasteiger partial charge in [0.15, 0.2) is 0 Å². The van der Waals surface area contributed by atoms with Gasteiger partial charge in [-0.1, -0.05) is 0 Å². The van der Waals surface area contributed by atoms with E-state index in [1.165, 1.54) is 0 Å². The molecule has 1 N–H and O–H groups in total. The Labute approximate surface area is 81.1 Å². The summed E-state index contributed by atoms with van der Waals surface area (Å²) in [5.41, 5.74) is 1.29. The Morgan fingerprint density at radius 3 is 2.21 bits per heavy atom. The van der Waals surface area contributed by atoms with E-state index in [0.717, 1.165) is 5.57 Å². The molecular weight excluding hydrogens is 186 g/mol. The van der Waals surface area contributed by atoms with Gasteiger partial charge in [0, 0.05) is 5.57 Å². The number of carbonyl (C=O) groups excluding carboxylic acids is 2. The second-order valence-corrected chi connectivity index (χ2v) is 3.24. The second kappa shape index (κ2) is 3.89. The summed E-state index contributed by atoms with van der Waals surface area (Å²) >= 11 is 0. The standard InChI is InChI=1S/C9H11NO4/c11-8-3-7(9(12)10-8)6-4-13-1-2-14-5-6/h1-5H2,(H,10,11,12). The molecule has 0 radical (unpaired) electrons. The van der Waals surface area contributed by atoms with Crippen molar-refractivity contribution in [2.75, 3.05) is 26.4 Å². The van der Waals surface area contributed by atoms with Crippen molar-refractivity contribution in [3.05, 3.63) is 11.1 Å². The van der Waals surface area contributed by atoms with E-state index in [1.54, 1.807) is 0 Å². The van der Waals surface area contributed by atoms with Crippen LogP contribution >= 0.6 is 0 Å². The van der Waals surface area contributed by atoms with Gasteiger partial charge in [0.05, 0.1) is 32.8 Å². The number of imide groups is 1. The Kier molecular flexibility index (Phi) is 2.60. The van der Waals surface area contributed by atoms with Crippen molar-refractivity contribution in [2.45, 2.75) is 6.42 Å². The Hall–Kier alpha value is -1.20. The third-order valence-electron chi connectivity index (χ3n) is 2.22. The molecule has 0 aromatic carbocycles. The maximum Gasteiger partial charge on any atom is 0.254 e. The van der Waals surface area contributed by atoms with Crippen LogP contribution in [0.5, 0.6) is 0 Å². The molecule has 0 aromatic rings. The largest absolute Gasteiger partial charge is 0.375 e. The summed E-state index contributed by atoms with van der Waals surface area (Å²) < 4.78 is 10.5. The first-order valence-corrected chi connectivity index (χ1v) is 4.48. The van der Waals surface area contributed by atoms with Crippen LogP contribution in [-0.4, -0.2) is 38.2 Å². The Bertz CT molecular complexity index is 298. The topological polar surface area (TPSA) is 64.6 Å². The smallest absolute Gasteiger partial charge is 0.254 e. The van der Waals surface area contributed by atoms with E-state index in [2.05, 4.69) is 5.32 Å². The van der Waals surface area contributed by atoms with E-state index in [9.17, 15) is 9.59 Å². The van der Waals surface area contributed by atoms with Crippen LogP contribution in [0.2, 0.25) is 0 Å². The van der Waals surface area contributed by atoms with Crippen molar-refractivity contribution in [2.24, 2.45) is 0 Å². The number of carbonyl (C=O) groups is 2. The molecule has 76 valence electrons. The lowest BCUT2D eigenvalue weighted by Gasteiger charge is -2.04. The fourth-order valence-electron chi connectivity index (χ4n) is 1.50. The van der Waals surface area contributed by atoms with Gasteiger partial charge in [-0.3, -0.25) is 14.9 Å². The highest BCUT2D eigenvalue weighted by Crippen LogP contribution is 2.16. The van der Waals surface area contributed by atoms with Crippen LogP contribution in [0.15, 0.2) is 11.1 Å². The maximum atomic E-state index is 11.3. The zero-order valence-corrected chi connectivity index (χ0v) is 7.67. The minimum Gasteiger partial charge on any atom is -0.375 e.